The summed E-state index contributed by atoms with van der Waals surface area (Å²) in [4.78, 5) is 24.2. The fourth-order valence-corrected chi connectivity index (χ4v) is 2.08. The van der Waals surface area contributed by atoms with Crippen molar-refractivity contribution in [2.45, 2.75) is 6.04 Å². The summed E-state index contributed by atoms with van der Waals surface area (Å²) in [5.41, 5.74) is 0. The van der Waals surface area contributed by atoms with Gasteiger partial charge in [0.15, 0.2) is 0 Å². The Hall–Kier alpha value is -1.01. The van der Waals surface area contributed by atoms with E-state index in [1.807, 2.05) is 0 Å². The maximum atomic E-state index is 11.8. The molecule has 0 radical (unpaired) electrons. The number of amides is 2. The maximum absolute atomic E-state index is 11.8. The van der Waals surface area contributed by atoms with Crippen molar-refractivity contribution in [3.63, 3.8) is 0 Å². The van der Waals surface area contributed by atoms with Crippen molar-refractivity contribution in [2.24, 2.45) is 0 Å². The summed E-state index contributed by atoms with van der Waals surface area (Å²) in [6.45, 7) is 4.10. The molecule has 2 amide bonds. The lowest BCUT2D eigenvalue weighted by Crippen LogP contribution is -2.46. The Balaban J connectivity index is 2.54. The fraction of sp³-hybridized carbons (Fsp3) is 0.556. The first-order valence-electron chi connectivity index (χ1n) is 4.63. The second-order valence-corrected chi connectivity index (χ2v) is 4.08. The van der Waals surface area contributed by atoms with Crippen LogP contribution in [-0.4, -0.2) is 52.6 Å². The summed E-state index contributed by atoms with van der Waals surface area (Å²) in [5, 5.41) is 11.2. The molecule has 1 heterocycles. The van der Waals surface area contributed by atoms with Gasteiger partial charge in [0.25, 0.3) is 5.24 Å². The third kappa shape index (κ3) is 3.24. The van der Waals surface area contributed by atoms with Gasteiger partial charge >= 0.3 is 0 Å². The Kier molecular flexibility index (Phi) is 4.64. The SMILES string of the molecule is C=CCN(CCO)C(=O)C1CSC(=O)N1. The molecule has 1 fully saturated rings. The molecule has 0 aromatic heterocycles. The van der Waals surface area contributed by atoms with Crippen LogP contribution in [-0.2, 0) is 4.79 Å². The molecule has 0 saturated carbocycles. The number of hydrogen-bond acceptors (Lipinski definition) is 4. The van der Waals surface area contributed by atoms with Gasteiger partial charge in [-0.25, -0.2) is 0 Å². The number of nitrogens with zero attached hydrogens (tertiary/aromatic N) is 1. The second-order valence-electron chi connectivity index (χ2n) is 3.09. The molecule has 0 aliphatic carbocycles. The van der Waals surface area contributed by atoms with Crippen molar-refractivity contribution in [2.75, 3.05) is 25.4 Å². The van der Waals surface area contributed by atoms with Crippen LogP contribution in [0.2, 0.25) is 0 Å². The summed E-state index contributed by atoms with van der Waals surface area (Å²) in [6.07, 6.45) is 1.59. The van der Waals surface area contributed by atoms with Crippen LogP contribution in [0.4, 0.5) is 4.79 Å². The Morgan fingerprint density at radius 2 is 2.53 bits per heavy atom. The van der Waals surface area contributed by atoms with Gasteiger partial charge in [-0.1, -0.05) is 17.8 Å². The number of nitrogens with one attached hydrogen (secondary N) is 1. The summed E-state index contributed by atoms with van der Waals surface area (Å²) in [6, 6.07) is -0.464. The maximum Gasteiger partial charge on any atom is 0.279 e. The quantitative estimate of drug-likeness (QED) is 0.643. The van der Waals surface area contributed by atoms with Gasteiger partial charge in [-0.3, -0.25) is 9.59 Å². The Labute approximate surface area is 92.5 Å². The van der Waals surface area contributed by atoms with E-state index in [1.165, 1.54) is 4.90 Å². The van der Waals surface area contributed by atoms with Crippen molar-refractivity contribution in [3.05, 3.63) is 12.7 Å². The highest BCUT2D eigenvalue weighted by molar-refractivity contribution is 8.14. The van der Waals surface area contributed by atoms with Gasteiger partial charge in [-0.2, -0.15) is 0 Å². The van der Waals surface area contributed by atoms with E-state index < -0.39 is 6.04 Å². The second kappa shape index (κ2) is 5.77. The average molecular weight is 230 g/mol. The highest BCUT2D eigenvalue weighted by Crippen LogP contribution is 2.14. The molecule has 6 heteroatoms. The molecule has 0 aromatic carbocycles. The lowest BCUT2D eigenvalue weighted by molar-refractivity contribution is -0.132. The number of carbonyl (C=O) groups excluding carboxylic acids is 2. The van der Waals surface area contributed by atoms with Crippen molar-refractivity contribution in [3.8, 4) is 0 Å². The van der Waals surface area contributed by atoms with Crippen LogP contribution in [0.15, 0.2) is 12.7 Å². The standard InChI is InChI=1S/C9H14N2O3S/c1-2-3-11(4-5-12)8(13)7-6-15-9(14)10-7/h2,7,12H,1,3-6H2,(H,10,14). The van der Waals surface area contributed by atoms with Gasteiger partial charge in [-0.05, 0) is 0 Å². The number of aliphatic hydroxyl groups is 1. The average Bonchev–Trinajstić information content (AvgIpc) is 2.63. The predicted molar refractivity (Wildman–Crippen MR) is 58.6 cm³/mol. The zero-order valence-electron chi connectivity index (χ0n) is 8.31. The first-order chi connectivity index (χ1) is 7.19. The molecule has 0 spiro atoms. The number of carbonyl (C=O) groups is 2. The van der Waals surface area contributed by atoms with Gasteiger partial charge < -0.3 is 15.3 Å². The zero-order chi connectivity index (χ0) is 11.3. The Morgan fingerprint density at radius 3 is 3.00 bits per heavy atom. The summed E-state index contributed by atoms with van der Waals surface area (Å²) in [5.74, 6) is 0.291. The zero-order valence-corrected chi connectivity index (χ0v) is 9.13. The number of hydrogen-bond donors (Lipinski definition) is 2. The first-order valence-corrected chi connectivity index (χ1v) is 5.61. The topological polar surface area (TPSA) is 69.6 Å². The first kappa shape index (κ1) is 12.1. The van der Waals surface area contributed by atoms with Crippen LogP contribution >= 0.6 is 11.8 Å². The van der Waals surface area contributed by atoms with Crippen LogP contribution in [0.25, 0.3) is 0 Å². The molecule has 0 bridgehead atoms. The molecule has 1 unspecified atom stereocenters. The van der Waals surface area contributed by atoms with Crippen molar-refractivity contribution >= 4 is 22.9 Å². The lowest BCUT2D eigenvalue weighted by Gasteiger charge is -2.22. The fourth-order valence-electron chi connectivity index (χ4n) is 1.31. The molecule has 1 aliphatic rings. The molecule has 1 saturated heterocycles. The van der Waals surface area contributed by atoms with Gasteiger partial charge in [0, 0.05) is 18.8 Å². The van der Waals surface area contributed by atoms with E-state index in [-0.39, 0.29) is 24.3 Å². The molecule has 84 valence electrons. The minimum atomic E-state index is -0.464. The molecular formula is C9H14N2O3S. The molecule has 1 rings (SSSR count). The van der Waals surface area contributed by atoms with Gasteiger partial charge in [0.1, 0.15) is 6.04 Å². The smallest absolute Gasteiger partial charge is 0.279 e. The Bertz CT molecular complexity index is 270. The highest BCUT2D eigenvalue weighted by Gasteiger charge is 2.30. The lowest BCUT2D eigenvalue weighted by atomic mass is 10.3. The summed E-state index contributed by atoms with van der Waals surface area (Å²) in [7, 11) is 0. The molecule has 1 atom stereocenters. The van der Waals surface area contributed by atoms with Crippen LogP contribution in [0, 0.1) is 0 Å². The molecular weight excluding hydrogens is 216 g/mol. The van der Waals surface area contributed by atoms with E-state index in [4.69, 9.17) is 5.11 Å². The van der Waals surface area contributed by atoms with E-state index in [9.17, 15) is 9.59 Å². The Morgan fingerprint density at radius 1 is 1.80 bits per heavy atom. The van der Waals surface area contributed by atoms with Gasteiger partial charge in [0.2, 0.25) is 5.91 Å². The van der Waals surface area contributed by atoms with Crippen LogP contribution in [0.3, 0.4) is 0 Å². The van der Waals surface area contributed by atoms with E-state index >= 15 is 0 Å². The van der Waals surface area contributed by atoms with Crippen molar-refractivity contribution < 1.29 is 14.7 Å². The highest BCUT2D eigenvalue weighted by atomic mass is 32.2. The van der Waals surface area contributed by atoms with Crippen molar-refractivity contribution in [1.29, 1.82) is 0 Å². The molecule has 5 nitrogen and oxygen atoms in total. The van der Waals surface area contributed by atoms with Crippen LogP contribution < -0.4 is 5.32 Å². The van der Waals surface area contributed by atoms with Crippen LogP contribution in [0.5, 0.6) is 0 Å². The van der Waals surface area contributed by atoms with E-state index in [0.29, 0.717) is 12.3 Å². The van der Waals surface area contributed by atoms with E-state index in [0.717, 1.165) is 11.8 Å². The van der Waals surface area contributed by atoms with Crippen LogP contribution in [0.1, 0.15) is 0 Å². The normalized spacial score (nSPS) is 19.8. The predicted octanol–water partition coefficient (Wildman–Crippen LogP) is -0.182. The number of thioether (sulfide) groups is 1. The molecule has 15 heavy (non-hydrogen) atoms. The molecule has 1 aliphatic heterocycles. The number of rotatable bonds is 5. The molecule has 0 aromatic rings. The summed E-state index contributed by atoms with van der Waals surface area (Å²) >= 11 is 1.10. The minimum absolute atomic E-state index is 0.0899. The number of aliphatic hydroxyl groups excluding tert-OH is 1. The van der Waals surface area contributed by atoms with Gasteiger partial charge in [-0.15, -0.1) is 6.58 Å². The third-order valence-electron chi connectivity index (χ3n) is 2.00. The monoisotopic (exact) mass is 230 g/mol. The third-order valence-corrected chi connectivity index (χ3v) is 2.88. The van der Waals surface area contributed by atoms with E-state index in [1.54, 1.807) is 6.08 Å². The van der Waals surface area contributed by atoms with E-state index in [2.05, 4.69) is 11.9 Å². The largest absolute Gasteiger partial charge is 0.395 e. The summed E-state index contributed by atoms with van der Waals surface area (Å²) < 4.78 is 0. The van der Waals surface area contributed by atoms with Crippen molar-refractivity contribution in [1.82, 2.24) is 10.2 Å². The van der Waals surface area contributed by atoms with Gasteiger partial charge in [0.05, 0.1) is 6.61 Å². The minimum Gasteiger partial charge on any atom is -0.395 e. The molecule has 2 N–H and O–H groups in total.